The zero-order valence-corrected chi connectivity index (χ0v) is 18.0. The standard InChI is InChI=1S/C22H22BrClO4/c1-26-21-12-15(5-7-20(21)27-10-4-2-3-9-23)11-16-14-28-19-8-6-17(24)13-18(19)22(16)25/h5-8,11-13H,2-4,9-10,14H2,1H3. The Morgan fingerprint density at radius 2 is 2.00 bits per heavy atom. The lowest BCUT2D eigenvalue weighted by molar-refractivity contribution is 0.100. The number of Topliss-reactive ketones (excluding diaryl/α,β-unsaturated/α-hetero) is 1. The highest BCUT2D eigenvalue weighted by atomic mass is 79.9. The summed E-state index contributed by atoms with van der Waals surface area (Å²) in [7, 11) is 1.61. The van der Waals surface area contributed by atoms with Crippen molar-refractivity contribution in [3.05, 3.63) is 58.1 Å². The molecule has 0 radical (unpaired) electrons. The summed E-state index contributed by atoms with van der Waals surface area (Å²) in [6.07, 6.45) is 5.06. The van der Waals surface area contributed by atoms with Gasteiger partial charge in [0.1, 0.15) is 12.4 Å². The molecular weight excluding hydrogens is 444 g/mol. The quantitative estimate of drug-likeness (QED) is 0.274. The average molecular weight is 466 g/mol. The molecule has 1 aliphatic rings. The Morgan fingerprint density at radius 1 is 1.14 bits per heavy atom. The number of benzene rings is 2. The van der Waals surface area contributed by atoms with Gasteiger partial charge < -0.3 is 14.2 Å². The molecule has 0 atom stereocenters. The van der Waals surface area contributed by atoms with Gasteiger partial charge in [0.25, 0.3) is 0 Å². The molecule has 1 heterocycles. The second kappa shape index (κ2) is 9.99. The number of ether oxygens (including phenoxy) is 3. The minimum Gasteiger partial charge on any atom is -0.493 e. The van der Waals surface area contributed by atoms with Crippen LogP contribution in [0.1, 0.15) is 35.2 Å². The molecule has 0 fully saturated rings. The second-order valence-electron chi connectivity index (χ2n) is 6.44. The van der Waals surface area contributed by atoms with Gasteiger partial charge in [-0.2, -0.15) is 0 Å². The van der Waals surface area contributed by atoms with Gasteiger partial charge in [0.2, 0.25) is 0 Å². The maximum absolute atomic E-state index is 12.8. The monoisotopic (exact) mass is 464 g/mol. The highest BCUT2D eigenvalue weighted by Gasteiger charge is 2.23. The van der Waals surface area contributed by atoms with E-state index >= 15 is 0 Å². The van der Waals surface area contributed by atoms with Crippen LogP contribution in [0.5, 0.6) is 17.2 Å². The van der Waals surface area contributed by atoms with Crippen molar-refractivity contribution in [3.63, 3.8) is 0 Å². The van der Waals surface area contributed by atoms with Crippen LogP contribution in [0.2, 0.25) is 5.02 Å². The number of carbonyl (C=O) groups excluding carboxylic acids is 1. The third kappa shape index (κ3) is 5.09. The van der Waals surface area contributed by atoms with Gasteiger partial charge in [0.15, 0.2) is 17.3 Å². The number of carbonyl (C=O) groups is 1. The van der Waals surface area contributed by atoms with Gasteiger partial charge in [-0.15, -0.1) is 0 Å². The molecule has 3 rings (SSSR count). The predicted molar refractivity (Wildman–Crippen MR) is 115 cm³/mol. The van der Waals surface area contributed by atoms with Gasteiger partial charge in [-0.05, 0) is 61.2 Å². The normalized spacial score (nSPS) is 14.5. The molecule has 0 aromatic heterocycles. The zero-order chi connectivity index (χ0) is 19.9. The van der Waals surface area contributed by atoms with E-state index in [1.54, 1.807) is 25.3 Å². The maximum Gasteiger partial charge on any atom is 0.196 e. The summed E-state index contributed by atoms with van der Waals surface area (Å²) in [5.74, 6) is 1.83. The number of hydrogen-bond donors (Lipinski definition) is 0. The summed E-state index contributed by atoms with van der Waals surface area (Å²) in [5.41, 5.74) is 1.90. The van der Waals surface area contributed by atoms with Crippen LogP contribution in [-0.4, -0.2) is 31.4 Å². The fourth-order valence-corrected chi connectivity index (χ4v) is 3.53. The van der Waals surface area contributed by atoms with Gasteiger partial charge in [0.05, 0.1) is 19.3 Å². The first-order valence-corrected chi connectivity index (χ1v) is 10.7. The highest BCUT2D eigenvalue weighted by molar-refractivity contribution is 9.09. The second-order valence-corrected chi connectivity index (χ2v) is 7.67. The summed E-state index contributed by atoms with van der Waals surface area (Å²) in [6.45, 7) is 0.870. The van der Waals surface area contributed by atoms with Crippen LogP contribution in [0.3, 0.4) is 0 Å². The first-order valence-electron chi connectivity index (χ1n) is 9.17. The molecule has 2 aromatic rings. The maximum atomic E-state index is 12.8. The number of halogens is 2. The molecular formula is C22H22BrClO4. The Balaban J connectivity index is 1.74. The Bertz CT molecular complexity index is 879. The number of methoxy groups -OCH3 is 1. The minimum absolute atomic E-state index is 0.0742. The third-order valence-corrected chi connectivity index (χ3v) is 5.22. The smallest absolute Gasteiger partial charge is 0.196 e. The lowest BCUT2D eigenvalue weighted by Gasteiger charge is -2.19. The first kappa shape index (κ1) is 20.7. The van der Waals surface area contributed by atoms with Crippen LogP contribution in [0.15, 0.2) is 42.0 Å². The number of rotatable bonds is 8. The molecule has 2 aromatic carbocycles. The van der Waals surface area contributed by atoms with Crippen molar-refractivity contribution in [3.8, 4) is 17.2 Å². The lowest BCUT2D eigenvalue weighted by Crippen LogP contribution is -2.18. The molecule has 0 spiro atoms. The fraction of sp³-hybridized carbons (Fsp3) is 0.318. The van der Waals surface area contributed by atoms with Gasteiger partial charge in [-0.1, -0.05) is 33.6 Å². The van der Waals surface area contributed by atoms with E-state index < -0.39 is 0 Å². The molecule has 0 saturated carbocycles. The van der Waals surface area contributed by atoms with Gasteiger partial charge >= 0.3 is 0 Å². The first-order chi connectivity index (χ1) is 13.6. The Labute approximate surface area is 178 Å². The summed E-state index contributed by atoms with van der Waals surface area (Å²) in [6, 6.07) is 10.7. The number of fused-ring (bicyclic) bond motifs is 1. The molecule has 0 N–H and O–H groups in total. The topological polar surface area (TPSA) is 44.8 Å². The molecule has 0 aliphatic carbocycles. The van der Waals surface area contributed by atoms with E-state index in [-0.39, 0.29) is 12.4 Å². The van der Waals surface area contributed by atoms with Crippen molar-refractivity contribution in [1.29, 1.82) is 0 Å². The van der Waals surface area contributed by atoms with Crippen molar-refractivity contribution in [2.24, 2.45) is 0 Å². The number of ketones is 1. The SMILES string of the molecule is COc1cc(C=C2COc3ccc(Cl)cc3C2=O)ccc1OCCCCCBr. The summed E-state index contributed by atoms with van der Waals surface area (Å²) in [4.78, 5) is 12.8. The van der Waals surface area contributed by atoms with Crippen molar-refractivity contribution in [2.45, 2.75) is 19.3 Å². The van der Waals surface area contributed by atoms with E-state index in [0.717, 1.165) is 30.2 Å². The van der Waals surface area contributed by atoms with Gasteiger partial charge in [-0.3, -0.25) is 4.79 Å². The van der Waals surface area contributed by atoms with E-state index in [2.05, 4.69) is 15.9 Å². The van der Waals surface area contributed by atoms with Crippen LogP contribution >= 0.6 is 27.5 Å². The van der Waals surface area contributed by atoms with Gasteiger partial charge in [-0.25, -0.2) is 0 Å². The van der Waals surface area contributed by atoms with Crippen molar-refractivity contribution in [1.82, 2.24) is 0 Å². The van der Waals surface area contributed by atoms with Gasteiger partial charge in [0, 0.05) is 15.9 Å². The predicted octanol–water partition coefficient (Wildman–Crippen LogP) is 5.95. The molecule has 148 valence electrons. The summed E-state index contributed by atoms with van der Waals surface area (Å²) < 4.78 is 17.0. The summed E-state index contributed by atoms with van der Waals surface area (Å²) in [5, 5.41) is 1.52. The van der Waals surface area contributed by atoms with Crippen LogP contribution in [0.25, 0.3) is 6.08 Å². The van der Waals surface area contributed by atoms with Crippen LogP contribution in [-0.2, 0) is 0 Å². The van der Waals surface area contributed by atoms with E-state index in [1.165, 1.54) is 0 Å². The fourth-order valence-electron chi connectivity index (χ4n) is 2.96. The number of unbranched alkanes of at least 4 members (excludes halogenated alkanes) is 2. The van der Waals surface area contributed by atoms with E-state index in [9.17, 15) is 4.79 Å². The zero-order valence-electron chi connectivity index (χ0n) is 15.7. The molecule has 28 heavy (non-hydrogen) atoms. The molecule has 6 heteroatoms. The Kier molecular flexibility index (Phi) is 7.40. The van der Waals surface area contributed by atoms with Crippen LogP contribution in [0.4, 0.5) is 0 Å². The molecule has 0 bridgehead atoms. The van der Waals surface area contributed by atoms with Crippen LogP contribution in [0, 0.1) is 0 Å². The number of hydrogen-bond acceptors (Lipinski definition) is 4. The van der Waals surface area contributed by atoms with Crippen molar-refractivity contribution in [2.75, 3.05) is 25.7 Å². The summed E-state index contributed by atoms with van der Waals surface area (Å²) >= 11 is 9.45. The van der Waals surface area contributed by atoms with Crippen molar-refractivity contribution < 1.29 is 19.0 Å². The van der Waals surface area contributed by atoms with Crippen LogP contribution < -0.4 is 14.2 Å². The van der Waals surface area contributed by atoms with E-state index in [0.29, 0.717) is 40.0 Å². The molecule has 0 amide bonds. The average Bonchev–Trinajstić information content (AvgIpc) is 2.71. The lowest BCUT2D eigenvalue weighted by atomic mass is 9.98. The van der Waals surface area contributed by atoms with E-state index in [1.807, 2.05) is 24.3 Å². The minimum atomic E-state index is -0.0742. The molecule has 1 aliphatic heterocycles. The Morgan fingerprint density at radius 3 is 2.79 bits per heavy atom. The highest BCUT2D eigenvalue weighted by Crippen LogP contribution is 2.32. The molecule has 0 saturated heterocycles. The van der Waals surface area contributed by atoms with E-state index in [4.69, 9.17) is 25.8 Å². The molecule has 0 unspecified atom stereocenters. The third-order valence-electron chi connectivity index (χ3n) is 4.43. The van der Waals surface area contributed by atoms with Crippen molar-refractivity contribution >= 4 is 39.4 Å². The molecule has 4 nitrogen and oxygen atoms in total. The number of alkyl halides is 1. The largest absolute Gasteiger partial charge is 0.493 e. The Hall–Kier alpha value is -1.98.